The molecule has 26 heavy (non-hydrogen) atoms. The van der Waals surface area contributed by atoms with E-state index in [0.29, 0.717) is 28.5 Å². The van der Waals surface area contributed by atoms with E-state index in [1.807, 2.05) is 22.8 Å². The van der Waals surface area contributed by atoms with Crippen LogP contribution in [0.2, 0.25) is 0 Å². The van der Waals surface area contributed by atoms with E-state index in [2.05, 4.69) is 4.98 Å². The van der Waals surface area contributed by atoms with Crippen LogP contribution in [0.5, 0.6) is 5.75 Å². The van der Waals surface area contributed by atoms with Crippen molar-refractivity contribution in [2.45, 2.75) is 38.3 Å². The summed E-state index contributed by atoms with van der Waals surface area (Å²) in [5.41, 5.74) is 0.954. The normalized spacial score (nSPS) is 17.0. The molecule has 0 N–H and O–H groups in total. The molecular formula is C19H20N4O3. The van der Waals surface area contributed by atoms with Gasteiger partial charge in [0, 0.05) is 12.6 Å². The lowest BCUT2D eigenvalue weighted by molar-refractivity contribution is 0.412. The molecule has 0 amide bonds. The molecule has 0 unspecified atom stereocenters. The molecule has 2 aliphatic rings. The molecule has 5 rings (SSSR count). The minimum atomic E-state index is -0.342. The molecule has 7 heteroatoms. The van der Waals surface area contributed by atoms with Gasteiger partial charge in [-0.3, -0.25) is 9.36 Å². The first-order chi connectivity index (χ1) is 12.7. The van der Waals surface area contributed by atoms with Crippen molar-refractivity contribution < 1.29 is 4.74 Å². The predicted molar refractivity (Wildman–Crippen MR) is 97.1 cm³/mol. The Kier molecular flexibility index (Phi) is 3.32. The molecule has 2 saturated carbocycles. The fourth-order valence-corrected chi connectivity index (χ4v) is 3.56. The molecule has 134 valence electrons. The summed E-state index contributed by atoms with van der Waals surface area (Å²) in [6.45, 7) is 0.778. The fraction of sp³-hybridized carbons (Fsp3) is 0.421. The molecule has 0 spiro atoms. The minimum Gasteiger partial charge on any atom is -0.495 e. The van der Waals surface area contributed by atoms with E-state index in [1.165, 1.54) is 22.0 Å². The number of nitrogens with zero attached hydrogens (tertiary/aromatic N) is 4. The maximum atomic E-state index is 13.2. The molecule has 2 aliphatic carbocycles. The third-order valence-corrected chi connectivity index (χ3v) is 5.24. The molecule has 0 aliphatic heterocycles. The predicted octanol–water partition coefficient (Wildman–Crippen LogP) is 2.10. The summed E-state index contributed by atoms with van der Waals surface area (Å²) in [6.07, 6.45) is 5.78. The van der Waals surface area contributed by atoms with Gasteiger partial charge < -0.3 is 9.30 Å². The van der Waals surface area contributed by atoms with Gasteiger partial charge in [0.25, 0.3) is 5.56 Å². The van der Waals surface area contributed by atoms with Gasteiger partial charge in [-0.1, -0.05) is 12.1 Å². The van der Waals surface area contributed by atoms with Crippen LogP contribution in [0.3, 0.4) is 0 Å². The highest BCUT2D eigenvalue weighted by molar-refractivity contribution is 5.73. The highest BCUT2D eigenvalue weighted by atomic mass is 16.5. The van der Waals surface area contributed by atoms with Gasteiger partial charge in [-0.2, -0.15) is 0 Å². The highest BCUT2D eigenvalue weighted by Gasteiger charge is 2.32. The fourth-order valence-electron chi connectivity index (χ4n) is 3.56. The number of methoxy groups -OCH3 is 1. The van der Waals surface area contributed by atoms with Crippen LogP contribution in [-0.2, 0) is 6.54 Å². The average molecular weight is 352 g/mol. The van der Waals surface area contributed by atoms with Crippen molar-refractivity contribution in [1.82, 2.24) is 18.7 Å². The van der Waals surface area contributed by atoms with Gasteiger partial charge in [0.05, 0.1) is 19.1 Å². The van der Waals surface area contributed by atoms with E-state index in [9.17, 15) is 9.59 Å². The van der Waals surface area contributed by atoms with Crippen molar-refractivity contribution in [1.29, 1.82) is 0 Å². The van der Waals surface area contributed by atoms with E-state index < -0.39 is 0 Å². The average Bonchev–Trinajstić information content (AvgIpc) is 3.56. The lowest BCUT2D eigenvalue weighted by atomic mass is 10.3. The third kappa shape index (κ3) is 2.30. The highest BCUT2D eigenvalue weighted by Crippen LogP contribution is 2.34. The van der Waals surface area contributed by atoms with Gasteiger partial charge in [-0.05, 0) is 43.7 Å². The molecule has 3 aromatic rings. The lowest BCUT2D eigenvalue weighted by Gasteiger charge is -2.14. The Labute approximate surface area is 149 Å². The molecule has 1 aromatic carbocycles. The third-order valence-electron chi connectivity index (χ3n) is 5.24. The number of aromatic nitrogens is 4. The first-order valence-electron chi connectivity index (χ1n) is 9.05. The summed E-state index contributed by atoms with van der Waals surface area (Å²) in [7, 11) is 1.57. The second-order valence-corrected chi connectivity index (χ2v) is 7.21. The van der Waals surface area contributed by atoms with Crippen LogP contribution < -0.4 is 16.0 Å². The van der Waals surface area contributed by atoms with Crippen molar-refractivity contribution in [3.63, 3.8) is 0 Å². The van der Waals surface area contributed by atoms with E-state index in [4.69, 9.17) is 4.74 Å². The number of hydrogen-bond donors (Lipinski definition) is 0. The number of imidazole rings is 1. The van der Waals surface area contributed by atoms with Gasteiger partial charge in [0.15, 0.2) is 11.2 Å². The Balaban J connectivity index is 1.86. The monoisotopic (exact) mass is 352 g/mol. The van der Waals surface area contributed by atoms with Crippen LogP contribution in [-0.4, -0.2) is 25.8 Å². The Hall–Kier alpha value is -2.83. The SMILES string of the molecule is COc1ccccc1-n1c(=O)n(C2CC2)c(=O)c2c1ncn2CC1CC1. The number of hydrogen-bond acceptors (Lipinski definition) is 4. The van der Waals surface area contributed by atoms with Crippen LogP contribution in [0.4, 0.5) is 0 Å². The minimum absolute atomic E-state index is 0.00960. The first kappa shape index (κ1) is 15.4. The number of rotatable bonds is 5. The number of fused-ring (bicyclic) bond motifs is 1. The van der Waals surface area contributed by atoms with E-state index in [1.54, 1.807) is 19.5 Å². The standard InChI is InChI=1S/C19H20N4O3/c1-26-15-5-3-2-4-14(15)23-17-16(21(11-20-17)10-12-6-7-12)18(24)22(19(23)25)13-8-9-13/h2-5,11-13H,6-10H2,1H3. The van der Waals surface area contributed by atoms with E-state index in [-0.39, 0.29) is 17.3 Å². The van der Waals surface area contributed by atoms with Gasteiger partial charge in [0.2, 0.25) is 0 Å². The Morgan fingerprint density at radius 3 is 2.62 bits per heavy atom. The smallest absolute Gasteiger partial charge is 0.337 e. The Bertz CT molecular complexity index is 1120. The second kappa shape index (κ2) is 5.59. The molecule has 7 nitrogen and oxygen atoms in total. The van der Waals surface area contributed by atoms with Crippen LogP contribution in [0.1, 0.15) is 31.7 Å². The largest absolute Gasteiger partial charge is 0.495 e. The summed E-state index contributed by atoms with van der Waals surface area (Å²) in [5, 5.41) is 0. The van der Waals surface area contributed by atoms with Crippen LogP contribution in [0.15, 0.2) is 40.2 Å². The zero-order valence-electron chi connectivity index (χ0n) is 14.6. The van der Waals surface area contributed by atoms with Crippen LogP contribution in [0.25, 0.3) is 16.9 Å². The van der Waals surface area contributed by atoms with Crippen molar-refractivity contribution in [2.24, 2.45) is 5.92 Å². The number of para-hydroxylation sites is 2. The van der Waals surface area contributed by atoms with Gasteiger partial charge in [0.1, 0.15) is 5.75 Å². The van der Waals surface area contributed by atoms with Crippen molar-refractivity contribution in [2.75, 3.05) is 7.11 Å². The maximum absolute atomic E-state index is 13.2. The van der Waals surface area contributed by atoms with Crippen molar-refractivity contribution in [3.8, 4) is 11.4 Å². The van der Waals surface area contributed by atoms with Crippen LogP contribution >= 0.6 is 0 Å². The zero-order chi connectivity index (χ0) is 17.8. The van der Waals surface area contributed by atoms with Crippen LogP contribution in [0, 0.1) is 5.92 Å². The van der Waals surface area contributed by atoms with Crippen molar-refractivity contribution in [3.05, 3.63) is 51.4 Å². The van der Waals surface area contributed by atoms with Gasteiger partial charge in [-0.25, -0.2) is 14.3 Å². The van der Waals surface area contributed by atoms with E-state index in [0.717, 1.165) is 19.4 Å². The Morgan fingerprint density at radius 1 is 1.15 bits per heavy atom. The summed E-state index contributed by atoms with van der Waals surface area (Å²) in [6, 6.07) is 7.32. The zero-order valence-corrected chi connectivity index (χ0v) is 14.6. The molecule has 0 atom stereocenters. The molecule has 0 radical (unpaired) electrons. The van der Waals surface area contributed by atoms with Gasteiger partial charge >= 0.3 is 5.69 Å². The molecule has 2 aromatic heterocycles. The molecule has 2 fully saturated rings. The summed E-state index contributed by atoms with van der Waals surface area (Å²) in [5.74, 6) is 1.18. The van der Waals surface area contributed by atoms with Crippen molar-refractivity contribution >= 4 is 11.2 Å². The molecule has 0 bridgehead atoms. The summed E-state index contributed by atoms with van der Waals surface area (Å²) < 4.78 is 10.3. The quantitative estimate of drug-likeness (QED) is 0.705. The molecule has 0 saturated heterocycles. The lowest BCUT2D eigenvalue weighted by Crippen LogP contribution is -2.39. The first-order valence-corrected chi connectivity index (χ1v) is 9.05. The molecular weight excluding hydrogens is 332 g/mol. The molecule has 2 heterocycles. The number of benzene rings is 1. The number of ether oxygens (including phenoxy) is 1. The maximum Gasteiger partial charge on any atom is 0.337 e. The summed E-state index contributed by atoms with van der Waals surface area (Å²) >= 11 is 0. The second-order valence-electron chi connectivity index (χ2n) is 7.21. The summed E-state index contributed by atoms with van der Waals surface area (Å²) in [4.78, 5) is 30.8. The Morgan fingerprint density at radius 2 is 1.92 bits per heavy atom. The van der Waals surface area contributed by atoms with Gasteiger partial charge in [-0.15, -0.1) is 0 Å². The van der Waals surface area contributed by atoms with E-state index >= 15 is 0 Å². The topological polar surface area (TPSA) is 71.1 Å².